The summed E-state index contributed by atoms with van der Waals surface area (Å²) in [5.41, 5.74) is -0.278. The Kier molecular flexibility index (Phi) is 1.72. The second-order valence-corrected chi connectivity index (χ2v) is 2.97. The Morgan fingerprint density at radius 3 is 2.56 bits per heavy atom. The fourth-order valence-electron chi connectivity index (χ4n) is 1.67. The van der Waals surface area contributed by atoms with Crippen molar-refractivity contribution in [1.29, 1.82) is 0 Å². The third-order valence-corrected chi connectivity index (χ3v) is 2.51. The summed E-state index contributed by atoms with van der Waals surface area (Å²) in [5.74, 6) is 0.586. The molecule has 1 aliphatic carbocycles. The van der Waals surface area contributed by atoms with Crippen molar-refractivity contribution >= 4 is 12.4 Å². The third-order valence-electron chi connectivity index (χ3n) is 2.51. The molecule has 1 saturated carbocycles. The second-order valence-electron chi connectivity index (χ2n) is 2.97. The van der Waals surface area contributed by atoms with Crippen molar-refractivity contribution in [2.75, 3.05) is 13.1 Å². The first-order chi connectivity index (χ1) is 3.81. The number of hydrogen-bond donors (Lipinski definition) is 2. The number of nitrogens with one attached hydrogen (secondary N) is 1. The van der Waals surface area contributed by atoms with Crippen LogP contribution in [0, 0.1) is 5.92 Å². The zero-order chi connectivity index (χ0) is 5.61. The molecule has 9 heavy (non-hydrogen) atoms. The highest BCUT2D eigenvalue weighted by Gasteiger charge is 2.48. The van der Waals surface area contributed by atoms with Crippen LogP contribution in [-0.2, 0) is 0 Å². The maximum Gasteiger partial charge on any atom is 0.0811 e. The van der Waals surface area contributed by atoms with Crippen LogP contribution in [0.15, 0.2) is 0 Å². The predicted molar refractivity (Wildman–Crippen MR) is 37.8 cm³/mol. The van der Waals surface area contributed by atoms with Gasteiger partial charge in [0.15, 0.2) is 0 Å². The third kappa shape index (κ3) is 0.858. The highest BCUT2D eigenvalue weighted by molar-refractivity contribution is 5.85. The first kappa shape index (κ1) is 7.32. The number of hydrogen-bond acceptors (Lipinski definition) is 2. The Labute approximate surface area is 61.0 Å². The first-order valence-electron chi connectivity index (χ1n) is 3.24. The van der Waals surface area contributed by atoms with Crippen LogP contribution in [0.5, 0.6) is 0 Å². The highest BCUT2D eigenvalue weighted by Crippen LogP contribution is 2.40. The molecule has 0 aromatic rings. The van der Waals surface area contributed by atoms with Crippen LogP contribution >= 0.6 is 12.4 Å². The topological polar surface area (TPSA) is 32.3 Å². The molecule has 1 aliphatic heterocycles. The van der Waals surface area contributed by atoms with Crippen molar-refractivity contribution in [2.24, 2.45) is 5.92 Å². The van der Waals surface area contributed by atoms with Crippen molar-refractivity contribution < 1.29 is 5.11 Å². The molecular formula is C6H12ClNO. The molecule has 2 rings (SSSR count). The van der Waals surface area contributed by atoms with Crippen molar-refractivity contribution in [1.82, 2.24) is 5.32 Å². The molecule has 2 aliphatic rings. The standard InChI is InChI=1S/C6H11NO.ClH/c8-6-2-1-5(6)3-7-4-6;/h5,7-8H,1-4H2;1H/t5-,6-;/m0./s1. The lowest BCUT2D eigenvalue weighted by molar-refractivity contribution is -0.0568. The van der Waals surface area contributed by atoms with Gasteiger partial charge in [0.25, 0.3) is 0 Å². The van der Waals surface area contributed by atoms with E-state index >= 15 is 0 Å². The lowest BCUT2D eigenvalue weighted by atomic mass is 9.72. The summed E-state index contributed by atoms with van der Waals surface area (Å²) in [4.78, 5) is 0. The molecule has 1 saturated heterocycles. The van der Waals surface area contributed by atoms with Gasteiger partial charge < -0.3 is 10.4 Å². The smallest absolute Gasteiger partial charge is 0.0811 e. The number of β-amino-alcohol motifs (C(OH)–C–C–N with tert-alkyl or cyclic N) is 1. The Morgan fingerprint density at radius 2 is 2.33 bits per heavy atom. The summed E-state index contributed by atoms with van der Waals surface area (Å²) >= 11 is 0. The van der Waals surface area contributed by atoms with Crippen LogP contribution in [0.2, 0.25) is 0 Å². The van der Waals surface area contributed by atoms with Crippen LogP contribution in [0.4, 0.5) is 0 Å². The van der Waals surface area contributed by atoms with Crippen LogP contribution in [0.3, 0.4) is 0 Å². The molecule has 0 spiro atoms. The summed E-state index contributed by atoms with van der Waals surface area (Å²) < 4.78 is 0. The van der Waals surface area contributed by atoms with E-state index in [1.807, 2.05) is 0 Å². The van der Waals surface area contributed by atoms with Gasteiger partial charge in [-0.25, -0.2) is 0 Å². The van der Waals surface area contributed by atoms with Crippen molar-refractivity contribution in [2.45, 2.75) is 18.4 Å². The monoisotopic (exact) mass is 149 g/mol. The summed E-state index contributed by atoms with van der Waals surface area (Å²) in [5, 5.41) is 12.7. The largest absolute Gasteiger partial charge is 0.388 e. The Balaban J connectivity index is 0.000000405. The second kappa shape index (κ2) is 2.11. The van der Waals surface area contributed by atoms with Gasteiger partial charge in [0.2, 0.25) is 0 Å². The van der Waals surface area contributed by atoms with Gasteiger partial charge in [0, 0.05) is 19.0 Å². The van der Waals surface area contributed by atoms with Crippen LogP contribution < -0.4 is 5.32 Å². The van der Waals surface area contributed by atoms with E-state index in [-0.39, 0.29) is 18.0 Å². The molecule has 2 nitrogen and oxygen atoms in total. The Morgan fingerprint density at radius 1 is 1.56 bits per heavy atom. The van der Waals surface area contributed by atoms with Gasteiger partial charge in [-0.2, -0.15) is 0 Å². The molecule has 2 N–H and O–H groups in total. The number of rotatable bonds is 0. The average Bonchev–Trinajstić information content (AvgIpc) is 1.94. The SMILES string of the molecule is Cl.O[C@]12CC[C@H]1CNC2. The molecule has 1 heterocycles. The number of fused-ring (bicyclic) bond motifs is 1. The van der Waals surface area contributed by atoms with E-state index in [1.54, 1.807) is 0 Å². The molecule has 0 bridgehead atoms. The predicted octanol–water partition coefficient (Wildman–Crippen LogP) is 0.152. The van der Waals surface area contributed by atoms with E-state index < -0.39 is 0 Å². The zero-order valence-electron chi connectivity index (χ0n) is 5.26. The molecule has 0 amide bonds. The highest BCUT2D eigenvalue weighted by atomic mass is 35.5. The maximum absolute atomic E-state index is 9.49. The number of halogens is 1. The molecule has 0 radical (unpaired) electrons. The minimum absolute atomic E-state index is 0. The fraction of sp³-hybridized carbons (Fsp3) is 1.00. The number of aliphatic hydroxyl groups is 1. The minimum Gasteiger partial charge on any atom is -0.388 e. The van der Waals surface area contributed by atoms with E-state index in [0.29, 0.717) is 5.92 Å². The van der Waals surface area contributed by atoms with Gasteiger partial charge in [-0.1, -0.05) is 0 Å². The van der Waals surface area contributed by atoms with E-state index in [1.165, 1.54) is 6.42 Å². The summed E-state index contributed by atoms with van der Waals surface area (Å²) in [7, 11) is 0. The summed E-state index contributed by atoms with van der Waals surface area (Å²) in [6.07, 6.45) is 2.24. The molecule has 2 atom stereocenters. The summed E-state index contributed by atoms with van der Waals surface area (Å²) in [6, 6.07) is 0. The molecule has 3 heteroatoms. The van der Waals surface area contributed by atoms with Gasteiger partial charge in [0.1, 0.15) is 0 Å². The van der Waals surface area contributed by atoms with E-state index in [9.17, 15) is 5.11 Å². The normalized spacial score (nSPS) is 47.0. The zero-order valence-corrected chi connectivity index (χ0v) is 6.08. The quantitative estimate of drug-likeness (QED) is 0.514. The Hall–Kier alpha value is 0.210. The molecule has 0 aromatic heterocycles. The van der Waals surface area contributed by atoms with Crippen molar-refractivity contribution in [3.05, 3.63) is 0 Å². The van der Waals surface area contributed by atoms with Crippen molar-refractivity contribution in [3.8, 4) is 0 Å². The van der Waals surface area contributed by atoms with Gasteiger partial charge in [-0.05, 0) is 12.8 Å². The van der Waals surface area contributed by atoms with Crippen LogP contribution in [0.25, 0.3) is 0 Å². The van der Waals surface area contributed by atoms with Gasteiger partial charge in [0.05, 0.1) is 5.60 Å². The molecule has 0 unspecified atom stereocenters. The van der Waals surface area contributed by atoms with Gasteiger partial charge in [-0.15, -0.1) is 12.4 Å². The lowest BCUT2D eigenvalue weighted by Crippen LogP contribution is -2.46. The van der Waals surface area contributed by atoms with Gasteiger partial charge in [-0.3, -0.25) is 0 Å². The minimum atomic E-state index is -0.278. The Bertz CT molecular complexity index is 120. The summed E-state index contributed by atoms with van der Waals surface area (Å²) in [6.45, 7) is 1.87. The van der Waals surface area contributed by atoms with E-state index in [4.69, 9.17) is 0 Å². The maximum atomic E-state index is 9.49. The fourth-order valence-corrected chi connectivity index (χ4v) is 1.67. The van der Waals surface area contributed by atoms with Crippen molar-refractivity contribution in [3.63, 3.8) is 0 Å². The van der Waals surface area contributed by atoms with Crippen LogP contribution in [0.1, 0.15) is 12.8 Å². The molecule has 2 fully saturated rings. The van der Waals surface area contributed by atoms with Crippen LogP contribution in [-0.4, -0.2) is 23.8 Å². The average molecular weight is 150 g/mol. The molecule has 54 valence electrons. The molecular weight excluding hydrogens is 138 g/mol. The lowest BCUT2D eigenvalue weighted by Gasteiger charge is -2.38. The van der Waals surface area contributed by atoms with Gasteiger partial charge >= 0.3 is 0 Å². The molecule has 0 aromatic carbocycles. The van der Waals surface area contributed by atoms with E-state index in [2.05, 4.69) is 5.32 Å². The first-order valence-corrected chi connectivity index (χ1v) is 3.24. The van der Waals surface area contributed by atoms with E-state index in [0.717, 1.165) is 19.5 Å².